The summed E-state index contributed by atoms with van der Waals surface area (Å²) in [6.07, 6.45) is 2.38. The molecule has 9 heteroatoms. The maximum absolute atomic E-state index is 10.6. The zero-order valence-electron chi connectivity index (χ0n) is 10.5. The van der Waals surface area contributed by atoms with Crippen molar-refractivity contribution >= 4 is 12.1 Å². The zero-order valence-corrected chi connectivity index (χ0v) is 10.5. The van der Waals surface area contributed by atoms with Crippen LogP contribution in [0.2, 0.25) is 0 Å². The summed E-state index contributed by atoms with van der Waals surface area (Å²) in [5, 5.41) is 5.13. The highest BCUT2D eigenvalue weighted by atomic mass is 16.2. The van der Waals surface area contributed by atoms with Crippen LogP contribution in [0.5, 0.6) is 0 Å². The van der Waals surface area contributed by atoms with Crippen LogP contribution in [0.25, 0.3) is 0 Å². The van der Waals surface area contributed by atoms with Crippen molar-refractivity contribution in [2.45, 2.75) is 19.3 Å². The second-order valence-corrected chi connectivity index (χ2v) is 3.87. The second-order valence-electron chi connectivity index (χ2n) is 3.87. The van der Waals surface area contributed by atoms with E-state index in [0.29, 0.717) is 13.1 Å². The largest absolute Gasteiger partial charge is 0.350 e. The average Bonchev–Trinajstić information content (AvgIpc) is 2.31. The Labute approximate surface area is 106 Å². The lowest BCUT2D eigenvalue weighted by Crippen LogP contribution is -2.42. The van der Waals surface area contributed by atoms with Crippen molar-refractivity contribution in [1.29, 1.82) is 0 Å². The highest BCUT2D eigenvalue weighted by molar-refractivity contribution is 5.71. The number of urea groups is 2. The fourth-order valence-electron chi connectivity index (χ4n) is 1.25. The van der Waals surface area contributed by atoms with Gasteiger partial charge >= 0.3 is 12.1 Å². The first-order chi connectivity index (χ1) is 8.45. The van der Waals surface area contributed by atoms with E-state index >= 15 is 0 Å². The number of unbranched alkanes of at least 4 members (excludes halogenated alkanes) is 1. The van der Waals surface area contributed by atoms with Crippen LogP contribution in [0, 0.1) is 0 Å². The van der Waals surface area contributed by atoms with E-state index in [1.54, 1.807) is 0 Å². The summed E-state index contributed by atoms with van der Waals surface area (Å²) >= 11 is 0. The maximum atomic E-state index is 10.6. The number of hydrogen-bond donors (Lipinski definition) is 5. The van der Waals surface area contributed by atoms with E-state index in [9.17, 15) is 9.59 Å². The number of primary amides is 2. The van der Waals surface area contributed by atoms with E-state index in [0.717, 1.165) is 42.4 Å². The van der Waals surface area contributed by atoms with Crippen LogP contribution in [-0.4, -0.2) is 48.3 Å². The molecule has 0 aromatic heterocycles. The number of carbonyl (C=O) groups excluding carboxylic acids is 2. The van der Waals surface area contributed by atoms with Gasteiger partial charge in [0.2, 0.25) is 0 Å². The number of hydrogen-bond acceptors (Lipinski definition) is 5. The lowest BCUT2D eigenvalue weighted by atomic mass is 10.3. The van der Waals surface area contributed by atoms with Gasteiger partial charge in [0, 0.05) is 13.1 Å². The van der Waals surface area contributed by atoms with Crippen LogP contribution in [0.4, 0.5) is 9.59 Å². The van der Waals surface area contributed by atoms with Crippen LogP contribution in [0.1, 0.15) is 19.3 Å². The Morgan fingerprint density at radius 1 is 0.833 bits per heavy atom. The molecule has 0 aromatic carbocycles. The molecule has 0 rings (SSSR count). The molecule has 106 valence electrons. The molecule has 0 saturated heterocycles. The maximum Gasteiger partial charge on any atom is 0.328 e. The molecule has 0 unspecified atom stereocenters. The van der Waals surface area contributed by atoms with Gasteiger partial charge in [-0.15, -0.1) is 0 Å². The zero-order chi connectivity index (χ0) is 14.0. The highest BCUT2D eigenvalue weighted by Gasteiger charge is 2.03. The lowest BCUT2D eigenvalue weighted by molar-refractivity contribution is 0.206. The number of hydrazine groups is 2. The number of carbonyl (C=O) groups is 2. The fourth-order valence-corrected chi connectivity index (χ4v) is 1.25. The molecule has 18 heavy (non-hydrogen) atoms. The van der Waals surface area contributed by atoms with Gasteiger partial charge in [-0.1, -0.05) is 0 Å². The minimum Gasteiger partial charge on any atom is -0.350 e. The summed E-state index contributed by atoms with van der Waals surface area (Å²) in [4.78, 5) is 21.1. The molecule has 0 spiro atoms. The summed E-state index contributed by atoms with van der Waals surface area (Å²) in [5.41, 5.74) is 9.92. The van der Waals surface area contributed by atoms with Gasteiger partial charge in [-0.25, -0.2) is 21.3 Å². The number of nitrogens with two attached hydrogens (primary N) is 4. The number of nitrogens with zero attached hydrogens (tertiary/aromatic N) is 2. The van der Waals surface area contributed by atoms with Crippen LogP contribution in [0.3, 0.4) is 0 Å². The molecule has 0 atom stereocenters. The average molecular weight is 261 g/mol. The summed E-state index contributed by atoms with van der Waals surface area (Å²) in [6.45, 7) is 2.40. The van der Waals surface area contributed by atoms with Crippen LogP contribution in [0.15, 0.2) is 0 Å². The third-order valence-electron chi connectivity index (χ3n) is 2.32. The molecule has 9 nitrogen and oxygen atoms in total. The van der Waals surface area contributed by atoms with E-state index in [4.69, 9.17) is 23.2 Å². The summed E-state index contributed by atoms with van der Waals surface area (Å²) in [7, 11) is 0. The third kappa shape index (κ3) is 8.56. The summed E-state index contributed by atoms with van der Waals surface area (Å²) in [6, 6.07) is -1.26. The van der Waals surface area contributed by atoms with Crippen molar-refractivity contribution in [1.82, 2.24) is 15.3 Å². The van der Waals surface area contributed by atoms with Gasteiger partial charge in [0.05, 0.1) is 0 Å². The van der Waals surface area contributed by atoms with Gasteiger partial charge in [0.15, 0.2) is 0 Å². The Hall–Kier alpha value is -1.58. The van der Waals surface area contributed by atoms with Gasteiger partial charge in [-0.3, -0.25) is 10.0 Å². The first kappa shape index (κ1) is 16.4. The minimum atomic E-state index is -0.635. The molecule has 9 N–H and O–H groups in total. The van der Waals surface area contributed by atoms with Crippen molar-refractivity contribution < 1.29 is 9.59 Å². The second kappa shape index (κ2) is 9.45. The Bertz CT molecular complexity index is 235. The minimum absolute atomic E-state index is 0.417. The van der Waals surface area contributed by atoms with E-state index in [1.165, 1.54) is 0 Å². The predicted molar refractivity (Wildman–Crippen MR) is 67.7 cm³/mol. The Morgan fingerprint density at radius 2 is 1.28 bits per heavy atom. The number of amides is 4. The summed E-state index contributed by atoms with van der Waals surface area (Å²) < 4.78 is 0. The smallest absolute Gasteiger partial charge is 0.328 e. The van der Waals surface area contributed by atoms with Crippen molar-refractivity contribution in [2.75, 3.05) is 26.2 Å². The molecule has 0 fully saturated rings. The van der Waals surface area contributed by atoms with Gasteiger partial charge < -0.3 is 16.8 Å². The van der Waals surface area contributed by atoms with Crippen LogP contribution < -0.4 is 28.5 Å². The first-order valence-corrected chi connectivity index (χ1v) is 5.79. The molecule has 0 aliphatic rings. The van der Waals surface area contributed by atoms with Crippen molar-refractivity contribution in [3.05, 3.63) is 0 Å². The fraction of sp³-hybridized carbons (Fsp3) is 0.778. The lowest BCUT2D eigenvalue weighted by Gasteiger charge is -2.14. The summed E-state index contributed by atoms with van der Waals surface area (Å²) in [5.74, 6) is 10.6. The van der Waals surface area contributed by atoms with Gasteiger partial charge in [0.1, 0.15) is 0 Å². The monoisotopic (exact) mass is 261 g/mol. The van der Waals surface area contributed by atoms with E-state index in [-0.39, 0.29) is 0 Å². The van der Waals surface area contributed by atoms with E-state index < -0.39 is 12.1 Å². The molecular formula is C9H23N7O2. The molecule has 4 amide bonds. The molecule has 0 heterocycles. The standard InChI is InChI=1S/C9H23N7O2/c10-8(17)15(12)6-2-1-4-14-5-3-7-16(13)9(11)18/h14H,1-7,12-13H2,(H2,10,17)(H2,11,18). The number of nitrogens with one attached hydrogen (secondary N) is 1. The van der Waals surface area contributed by atoms with Crippen molar-refractivity contribution in [2.24, 2.45) is 23.2 Å². The molecule has 0 bridgehead atoms. The third-order valence-corrected chi connectivity index (χ3v) is 2.32. The molecular weight excluding hydrogens is 238 g/mol. The van der Waals surface area contributed by atoms with Gasteiger partial charge in [-0.05, 0) is 32.4 Å². The van der Waals surface area contributed by atoms with E-state index in [2.05, 4.69) is 5.32 Å². The molecule has 0 aliphatic carbocycles. The quantitative estimate of drug-likeness (QED) is 0.144. The number of rotatable bonds is 9. The SMILES string of the molecule is NC(=O)N(N)CCCCNCCCN(N)C(N)=O. The highest BCUT2D eigenvalue weighted by Crippen LogP contribution is 1.90. The Kier molecular flexibility index (Phi) is 8.62. The molecule has 0 radical (unpaired) electrons. The molecule has 0 aliphatic heterocycles. The van der Waals surface area contributed by atoms with E-state index in [1.807, 2.05) is 0 Å². The molecule has 0 saturated carbocycles. The van der Waals surface area contributed by atoms with Crippen LogP contribution in [-0.2, 0) is 0 Å². The normalized spacial score (nSPS) is 10.1. The van der Waals surface area contributed by atoms with Crippen molar-refractivity contribution in [3.8, 4) is 0 Å². The predicted octanol–water partition coefficient (Wildman–Crippen LogP) is -1.74. The topological polar surface area (TPSA) is 157 Å². The molecule has 0 aromatic rings. The van der Waals surface area contributed by atoms with Gasteiger partial charge in [0.25, 0.3) is 0 Å². The van der Waals surface area contributed by atoms with Crippen LogP contribution >= 0.6 is 0 Å². The Morgan fingerprint density at radius 3 is 1.78 bits per heavy atom. The van der Waals surface area contributed by atoms with Gasteiger partial charge in [-0.2, -0.15) is 0 Å². The first-order valence-electron chi connectivity index (χ1n) is 5.79. The Balaban J connectivity index is 3.26. The van der Waals surface area contributed by atoms with Crippen molar-refractivity contribution in [3.63, 3.8) is 0 Å².